The number of nitrogens with zero attached hydrogens (tertiary/aromatic N) is 2. The van der Waals surface area contributed by atoms with Gasteiger partial charge in [0, 0.05) is 37.8 Å². The van der Waals surface area contributed by atoms with Crippen LogP contribution in [0.5, 0.6) is 0 Å². The lowest BCUT2D eigenvalue weighted by Gasteiger charge is -2.32. The van der Waals surface area contributed by atoms with E-state index in [-0.39, 0.29) is 27.6 Å². The van der Waals surface area contributed by atoms with Crippen molar-refractivity contribution in [3.8, 4) is 0 Å². The molecule has 9 heteroatoms. The molecule has 7 nitrogen and oxygen atoms in total. The lowest BCUT2D eigenvalue weighted by Crippen LogP contribution is -2.46. The Labute approximate surface area is 187 Å². The predicted octanol–water partition coefficient (Wildman–Crippen LogP) is 2.96. The molecule has 2 saturated heterocycles. The molecule has 1 N–H and O–H groups in total. The molecule has 2 fully saturated rings. The summed E-state index contributed by atoms with van der Waals surface area (Å²) < 4.78 is 27.7. The molecule has 166 valence electrons. The van der Waals surface area contributed by atoms with Crippen molar-refractivity contribution in [2.75, 3.05) is 26.2 Å². The van der Waals surface area contributed by atoms with Gasteiger partial charge in [0.1, 0.15) is 9.77 Å². The van der Waals surface area contributed by atoms with Gasteiger partial charge in [0.2, 0.25) is 10.0 Å². The number of benzene rings is 1. The van der Waals surface area contributed by atoms with Crippen LogP contribution in [0, 0.1) is 0 Å². The van der Waals surface area contributed by atoms with E-state index in [4.69, 9.17) is 0 Å². The molecule has 0 bridgehead atoms. The Balaban J connectivity index is 1.38. The number of thiophene rings is 1. The van der Waals surface area contributed by atoms with E-state index < -0.39 is 10.0 Å². The summed E-state index contributed by atoms with van der Waals surface area (Å²) in [6.07, 6.45) is 4.04. The minimum atomic E-state index is -3.65. The Kier molecular flexibility index (Phi) is 6.74. The van der Waals surface area contributed by atoms with Crippen LogP contribution < -0.4 is 5.32 Å². The van der Waals surface area contributed by atoms with Gasteiger partial charge in [-0.2, -0.15) is 4.31 Å². The number of nitrogens with one attached hydrogen (secondary N) is 1. The Bertz CT molecular complexity index is 1020. The highest BCUT2D eigenvalue weighted by Crippen LogP contribution is 2.29. The maximum absolute atomic E-state index is 13.1. The van der Waals surface area contributed by atoms with Gasteiger partial charge in [-0.3, -0.25) is 9.59 Å². The molecular weight excluding hydrogens is 434 g/mol. The van der Waals surface area contributed by atoms with Gasteiger partial charge in [0.05, 0.1) is 0 Å². The average Bonchev–Trinajstić information content (AvgIpc) is 3.31. The third kappa shape index (κ3) is 4.83. The van der Waals surface area contributed by atoms with Gasteiger partial charge in [0.15, 0.2) is 0 Å². The van der Waals surface area contributed by atoms with Gasteiger partial charge in [-0.15, -0.1) is 11.3 Å². The predicted molar refractivity (Wildman–Crippen MR) is 120 cm³/mol. The molecule has 2 aliphatic rings. The van der Waals surface area contributed by atoms with Crippen molar-refractivity contribution in [3.63, 3.8) is 0 Å². The van der Waals surface area contributed by atoms with E-state index in [2.05, 4.69) is 5.32 Å². The Hall–Kier alpha value is -2.23. The standard InChI is InChI=1S/C22H27N3O4S2/c26-21(17-7-3-1-4-8-17)23-18-9-14-24(15-10-18)22(27)20-19(11-16-30-20)31(28,29)25-12-5-2-6-13-25/h1,3-4,7-8,11,16,18H,2,5-6,9-10,12-15H2,(H,23,26). The van der Waals surface area contributed by atoms with Gasteiger partial charge < -0.3 is 10.2 Å². The van der Waals surface area contributed by atoms with Crippen molar-refractivity contribution in [1.82, 2.24) is 14.5 Å². The average molecular weight is 462 g/mol. The van der Waals surface area contributed by atoms with Gasteiger partial charge >= 0.3 is 0 Å². The Morgan fingerprint density at radius 1 is 0.935 bits per heavy atom. The monoisotopic (exact) mass is 461 g/mol. The Morgan fingerprint density at radius 3 is 2.29 bits per heavy atom. The molecular formula is C22H27N3O4S2. The smallest absolute Gasteiger partial charge is 0.265 e. The first-order valence-electron chi connectivity index (χ1n) is 10.7. The number of carbonyl (C=O) groups is 2. The zero-order valence-corrected chi connectivity index (χ0v) is 19.0. The highest BCUT2D eigenvalue weighted by atomic mass is 32.2. The summed E-state index contributed by atoms with van der Waals surface area (Å²) >= 11 is 1.18. The van der Waals surface area contributed by atoms with Crippen molar-refractivity contribution < 1.29 is 18.0 Å². The van der Waals surface area contributed by atoms with Gasteiger partial charge in [0.25, 0.3) is 11.8 Å². The van der Waals surface area contributed by atoms with Crippen molar-refractivity contribution in [1.29, 1.82) is 0 Å². The van der Waals surface area contributed by atoms with Gasteiger partial charge in [-0.25, -0.2) is 8.42 Å². The molecule has 0 atom stereocenters. The third-order valence-electron chi connectivity index (χ3n) is 5.91. The second kappa shape index (κ2) is 9.50. The summed E-state index contributed by atoms with van der Waals surface area (Å²) in [5, 5.41) is 4.71. The maximum Gasteiger partial charge on any atom is 0.265 e. The first kappa shape index (κ1) is 22.0. The van der Waals surface area contributed by atoms with Crippen LogP contribution in [-0.2, 0) is 10.0 Å². The minimum Gasteiger partial charge on any atom is -0.349 e. The zero-order valence-electron chi connectivity index (χ0n) is 17.3. The molecule has 2 amide bonds. The second-order valence-electron chi connectivity index (χ2n) is 7.98. The SMILES string of the molecule is O=C(NC1CCN(C(=O)c2sccc2S(=O)(=O)N2CCCCC2)CC1)c1ccccc1. The number of sulfonamides is 1. The summed E-state index contributed by atoms with van der Waals surface area (Å²) in [5.74, 6) is -0.350. The van der Waals surface area contributed by atoms with E-state index in [0.29, 0.717) is 44.6 Å². The molecule has 1 aromatic heterocycles. The number of piperidine rings is 2. The molecule has 1 aromatic carbocycles. The third-order valence-corrected chi connectivity index (χ3v) is 8.88. The maximum atomic E-state index is 13.1. The van der Waals surface area contributed by atoms with E-state index in [0.717, 1.165) is 19.3 Å². The van der Waals surface area contributed by atoms with Crippen LogP contribution in [0.15, 0.2) is 46.7 Å². The summed E-state index contributed by atoms with van der Waals surface area (Å²) in [5.41, 5.74) is 0.618. The van der Waals surface area contributed by atoms with Crippen LogP contribution in [0.4, 0.5) is 0 Å². The van der Waals surface area contributed by atoms with Gasteiger partial charge in [-0.1, -0.05) is 24.6 Å². The number of carbonyl (C=O) groups excluding carboxylic acids is 2. The Morgan fingerprint density at radius 2 is 1.61 bits per heavy atom. The fourth-order valence-electron chi connectivity index (χ4n) is 4.13. The van der Waals surface area contributed by atoms with Crippen molar-refractivity contribution >= 4 is 33.2 Å². The number of rotatable bonds is 5. The largest absolute Gasteiger partial charge is 0.349 e. The van der Waals surface area contributed by atoms with Crippen LogP contribution in [0.25, 0.3) is 0 Å². The summed E-state index contributed by atoms with van der Waals surface area (Å²) in [4.78, 5) is 27.6. The fourth-order valence-corrected chi connectivity index (χ4v) is 7.01. The molecule has 3 heterocycles. The fraction of sp³-hybridized carbons (Fsp3) is 0.455. The molecule has 2 aromatic rings. The van der Waals surface area contributed by atoms with Crippen LogP contribution in [0.1, 0.15) is 52.1 Å². The second-order valence-corrected chi connectivity index (χ2v) is 10.8. The number of hydrogen-bond donors (Lipinski definition) is 1. The lowest BCUT2D eigenvalue weighted by atomic mass is 10.0. The van der Waals surface area contributed by atoms with E-state index in [1.54, 1.807) is 28.5 Å². The van der Waals surface area contributed by atoms with E-state index in [1.807, 2.05) is 18.2 Å². The van der Waals surface area contributed by atoms with E-state index in [1.165, 1.54) is 15.6 Å². The van der Waals surface area contributed by atoms with Crippen LogP contribution >= 0.6 is 11.3 Å². The number of likely N-dealkylation sites (tertiary alicyclic amines) is 1. The van der Waals surface area contributed by atoms with Crippen LogP contribution in [-0.4, -0.2) is 61.7 Å². The topological polar surface area (TPSA) is 86.8 Å². The molecule has 0 saturated carbocycles. The molecule has 0 radical (unpaired) electrons. The normalized spacial score (nSPS) is 18.6. The molecule has 0 aliphatic carbocycles. The highest BCUT2D eigenvalue weighted by molar-refractivity contribution is 7.89. The van der Waals surface area contributed by atoms with E-state index >= 15 is 0 Å². The minimum absolute atomic E-state index is 0.00311. The van der Waals surface area contributed by atoms with Gasteiger partial charge in [-0.05, 0) is 49.3 Å². The first-order valence-corrected chi connectivity index (χ1v) is 13.0. The summed E-state index contributed by atoms with van der Waals surface area (Å²) in [6.45, 7) is 2.00. The molecule has 4 rings (SSSR count). The molecule has 31 heavy (non-hydrogen) atoms. The number of hydrogen-bond acceptors (Lipinski definition) is 5. The van der Waals surface area contributed by atoms with Crippen molar-refractivity contribution in [3.05, 3.63) is 52.2 Å². The lowest BCUT2D eigenvalue weighted by molar-refractivity contribution is 0.0699. The van der Waals surface area contributed by atoms with Crippen LogP contribution in [0.3, 0.4) is 0 Å². The summed E-state index contributed by atoms with van der Waals surface area (Å²) in [6, 6.07) is 10.6. The van der Waals surface area contributed by atoms with Crippen molar-refractivity contribution in [2.24, 2.45) is 0 Å². The molecule has 0 spiro atoms. The zero-order chi connectivity index (χ0) is 21.8. The highest BCUT2D eigenvalue weighted by Gasteiger charge is 2.33. The molecule has 0 unspecified atom stereocenters. The number of amides is 2. The molecule has 2 aliphatic heterocycles. The summed E-state index contributed by atoms with van der Waals surface area (Å²) in [7, 11) is -3.65. The van der Waals surface area contributed by atoms with Crippen molar-refractivity contribution in [2.45, 2.75) is 43.0 Å². The first-order chi connectivity index (χ1) is 15.0. The quantitative estimate of drug-likeness (QED) is 0.742. The van der Waals surface area contributed by atoms with E-state index in [9.17, 15) is 18.0 Å². The van der Waals surface area contributed by atoms with Crippen LogP contribution in [0.2, 0.25) is 0 Å².